The van der Waals surface area contributed by atoms with Crippen molar-refractivity contribution in [2.45, 2.75) is 59.5 Å². The van der Waals surface area contributed by atoms with Crippen LogP contribution in [0, 0.1) is 6.92 Å². The summed E-state index contributed by atoms with van der Waals surface area (Å²) in [6, 6.07) is 2.65. The van der Waals surface area contributed by atoms with Gasteiger partial charge in [0, 0.05) is 54.6 Å². The maximum atomic E-state index is 4.94. The lowest BCUT2D eigenvalue weighted by atomic mass is 9.96. The van der Waals surface area contributed by atoms with Crippen molar-refractivity contribution >= 4 is 5.65 Å². The molecule has 0 fully saturated rings. The molecule has 0 saturated carbocycles. The lowest BCUT2D eigenvalue weighted by Crippen LogP contribution is -2.36. The molecule has 4 aromatic rings. The fourth-order valence-corrected chi connectivity index (χ4v) is 4.43. The molecule has 8 heteroatoms. The molecule has 0 amide bonds. The minimum atomic E-state index is 0.256. The molecule has 5 heterocycles. The lowest BCUT2D eigenvalue weighted by Gasteiger charge is -2.31. The zero-order valence-corrected chi connectivity index (χ0v) is 18.7. The summed E-state index contributed by atoms with van der Waals surface area (Å²) >= 11 is 0. The standard InChI is InChI=1S/C23H28N8/c1-13(2)19-20(16-8-15(5)23-25-12-26-31(23)11-16)28-29-21(19)22-24-9-17-10-30(14(3)4)7-6-18(17)27-22/h8-9,11-14H,6-7,10H2,1-5H3,(H,28,29). The van der Waals surface area contributed by atoms with Crippen molar-refractivity contribution in [3.8, 4) is 22.8 Å². The van der Waals surface area contributed by atoms with E-state index in [0.29, 0.717) is 11.9 Å². The van der Waals surface area contributed by atoms with Crippen molar-refractivity contribution in [1.29, 1.82) is 0 Å². The van der Waals surface area contributed by atoms with Gasteiger partial charge in [-0.1, -0.05) is 13.8 Å². The van der Waals surface area contributed by atoms with E-state index in [-0.39, 0.29) is 5.92 Å². The highest BCUT2D eigenvalue weighted by molar-refractivity contribution is 5.73. The average molecular weight is 417 g/mol. The molecule has 1 aliphatic heterocycles. The highest BCUT2D eigenvalue weighted by Crippen LogP contribution is 2.35. The van der Waals surface area contributed by atoms with Gasteiger partial charge in [0.2, 0.25) is 0 Å². The van der Waals surface area contributed by atoms with Crippen LogP contribution >= 0.6 is 0 Å². The summed E-state index contributed by atoms with van der Waals surface area (Å²) in [5, 5.41) is 12.2. The highest BCUT2D eigenvalue weighted by Gasteiger charge is 2.24. The number of aryl methyl sites for hydroxylation is 1. The molecule has 160 valence electrons. The molecule has 0 radical (unpaired) electrons. The SMILES string of the molecule is Cc1cc(-c2[nH]nc(-c3ncc4c(n3)CCN(C(C)C)C4)c2C(C)C)cn2ncnc12. The number of hydrogen-bond acceptors (Lipinski definition) is 6. The maximum absolute atomic E-state index is 4.94. The Hall–Kier alpha value is -3.13. The van der Waals surface area contributed by atoms with Crippen molar-refractivity contribution in [1.82, 2.24) is 39.7 Å². The summed E-state index contributed by atoms with van der Waals surface area (Å²) in [5.41, 5.74) is 8.26. The number of hydrogen-bond donors (Lipinski definition) is 1. The lowest BCUT2D eigenvalue weighted by molar-refractivity contribution is 0.201. The summed E-state index contributed by atoms with van der Waals surface area (Å²) in [6.07, 6.45) is 6.50. The Bertz CT molecular complexity index is 1250. The van der Waals surface area contributed by atoms with Crippen LogP contribution in [0.25, 0.3) is 28.4 Å². The number of H-pyrrole nitrogens is 1. The molecule has 1 aliphatic rings. The molecule has 8 nitrogen and oxygen atoms in total. The van der Waals surface area contributed by atoms with Gasteiger partial charge in [-0.05, 0) is 38.3 Å². The van der Waals surface area contributed by atoms with Gasteiger partial charge in [0.25, 0.3) is 0 Å². The van der Waals surface area contributed by atoms with Crippen LogP contribution in [0.15, 0.2) is 24.8 Å². The predicted octanol–water partition coefficient (Wildman–Crippen LogP) is 3.77. The first kappa shape index (κ1) is 19.8. The number of aromatic amines is 1. The van der Waals surface area contributed by atoms with Gasteiger partial charge in [-0.3, -0.25) is 10.00 Å². The molecule has 0 atom stereocenters. The van der Waals surface area contributed by atoms with Crippen molar-refractivity contribution in [2.24, 2.45) is 0 Å². The van der Waals surface area contributed by atoms with Crippen molar-refractivity contribution in [2.75, 3.05) is 6.54 Å². The van der Waals surface area contributed by atoms with E-state index < -0.39 is 0 Å². The van der Waals surface area contributed by atoms with Crippen LogP contribution in [0.1, 0.15) is 56.0 Å². The van der Waals surface area contributed by atoms with Gasteiger partial charge >= 0.3 is 0 Å². The molecular formula is C23H28N8. The Morgan fingerprint density at radius 3 is 2.74 bits per heavy atom. The van der Waals surface area contributed by atoms with Crippen LogP contribution in [0.3, 0.4) is 0 Å². The zero-order chi connectivity index (χ0) is 21.7. The van der Waals surface area contributed by atoms with Crippen LogP contribution in [-0.4, -0.2) is 52.2 Å². The van der Waals surface area contributed by atoms with Crippen molar-refractivity contribution in [3.63, 3.8) is 0 Å². The van der Waals surface area contributed by atoms with Crippen LogP contribution in [0.4, 0.5) is 0 Å². The van der Waals surface area contributed by atoms with E-state index in [1.54, 1.807) is 6.33 Å². The average Bonchev–Trinajstić information content (AvgIpc) is 3.40. The quantitative estimate of drug-likeness (QED) is 0.545. The summed E-state index contributed by atoms with van der Waals surface area (Å²) in [4.78, 5) is 16.4. The monoisotopic (exact) mass is 416 g/mol. The second-order valence-electron chi connectivity index (χ2n) is 8.94. The van der Waals surface area contributed by atoms with Gasteiger partial charge in [0.05, 0.1) is 11.4 Å². The summed E-state index contributed by atoms with van der Waals surface area (Å²) in [5.74, 6) is 0.952. The predicted molar refractivity (Wildman–Crippen MR) is 120 cm³/mol. The molecule has 0 saturated heterocycles. The smallest absolute Gasteiger partial charge is 0.180 e. The second-order valence-corrected chi connectivity index (χ2v) is 8.94. The third-order valence-electron chi connectivity index (χ3n) is 6.13. The van der Waals surface area contributed by atoms with E-state index in [9.17, 15) is 0 Å². The third-order valence-corrected chi connectivity index (χ3v) is 6.13. The van der Waals surface area contributed by atoms with E-state index in [0.717, 1.165) is 58.9 Å². The summed E-state index contributed by atoms with van der Waals surface area (Å²) in [6.45, 7) is 12.8. The molecule has 0 unspecified atom stereocenters. The largest absolute Gasteiger partial charge is 0.296 e. The third kappa shape index (κ3) is 3.40. The second kappa shape index (κ2) is 7.53. The minimum absolute atomic E-state index is 0.256. The Kier molecular flexibility index (Phi) is 4.81. The molecule has 0 spiro atoms. The van der Waals surface area contributed by atoms with Gasteiger partial charge in [0.1, 0.15) is 12.0 Å². The number of fused-ring (bicyclic) bond motifs is 2. The fraction of sp³-hybridized carbons (Fsp3) is 0.435. The highest BCUT2D eigenvalue weighted by atomic mass is 15.3. The van der Waals surface area contributed by atoms with E-state index in [1.165, 1.54) is 5.56 Å². The topological polar surface area (TPSA) is 87.9 Å². The van der Waals surface area contributed by atoms with E-state index in [1.807, 2.05) is 23.8 Å². The normalized spacial score (nSPS) is 14.7. The van der Waals surface area contributed by atoms with E-state index >= 15 is 0 Å². The van der Waals surface area contributed by atoms with Crippen LogP contribution in [0.2, 0.25) is 0 Å². The Labute approximate surface area is 181 Å². The first-order chi connectivity index (χ1) is 14.9. The number of nitrogens with zero attached hydrogens (tertiary/aromatic N) is 7. The molecule has 4 aromatic heterocycles. The van der Waals surface area contributed by atoms with Crippen LogP contribution in [0.5, 0.6) is 0 Å². The first-order valence-corrected chi connectivity index (χ1v) is 10.9. The molecule has 31 heavy (non-hydrogen) atoms. The Balaban J connectivity index is 1.57. The fourth-order valence-electron chi connectivity index (χ4n) is 4.43. The zero-order valence-electron chi connectivity index (χ0n) is 18.7. The summed E-state index contributed by atoms with van der Waals surface area (Å²) < 4.78 is 1.81. The number of rotatable bonds is 4. The number of aromatic nitrogens is 7. The first-order valence-electron chi connectivity index (χ1n) is 10.9. The molecular weight excluding hydrogens is 388 g/mol. The van der Waals surface area contributed by atoms with Crippen molar-refractivity contribution < 1.29 is 0 Å². The Morgan fingerprint density at radius 2 is 1.97 bits per heavy atom. The minimum Gasteiger partial charge on any atom is -0.296 e. The maximum Gasteiger partial charge on any atom is 0.180 e. The van der Waals surface area contributed by atoms with Crippen LogP contribution < -0.4 is 0 Å². The van der Waals surface area contributed by atoms with E-state index in [2.05, 4.69) is 58.9 Å². The van der Waals surface area contributed by atoms with Gasteiger partial charge in [-0.25, -0.2) is 19.5 Å². The van der Waals surface area contributed by atoms with Gasteiger partial charge in [-0.2, -0.15) is 10.2 Å². The van der Waals surface area contributed by atoms with Gasteiger partial charge in [-0.15, -0.1) is 0 Å². The van der Waals surface area contributed by atoms with Gasteiger partial charge in [0.15, 0.2) is 11.5 Å². The van der Waals surface area contributed by atoms with Gasteiger partial charge < -0.3 is 0 Å². The van der Waals surface area contributed by atoms with Crippen LogP contribution in [-0.2, 0) is 13.0 Å². The molecule has 0 aliphatic carbocycles. The van der Waals surface area contributed by atoms with Crippen molar-refractivity contribution in [3.05, 3.63) is 47.2 Å². The number of nitrogens with one attached hydrogen (secondary N) is 1. The summed E-state index contributed by atoms with van der Waals surface area (Å²) in [7, 11) is 0. The molecule has 0 bridgehead atoms. The Morgan fingerprint density at radius 1 is 1.13 bits per heavy atom. The molecule has 0 aromatic carbocycles. The number of pyridine rings is 1. The van der Waals surface area contributed by atoms with E-state index in [4.69, 9.17) is 9.97 Å². The molecule has 1 N–H and O–H groups in total. The molecule has 5 rings (SSSR count).